The number of para-hydroxylation sites is 3. The van der Waals surface area contributed by atoms with E-state index < -0.39 is 0 Å². The third kappa shape index (κ3) is 3.85. The fourth-order valence-electron chi connectivity index (χ4n) is 9.69. The van der Waals surface area contributed by atoms with E-state index in [1.165, 1.54) is 71.6 Å². The minimum absolute atomic E-state index is 0.143. The summed E-state index contributed by atoms with van der Waals surface area (Å²) in [5.74, 6) is 0. The van der Waals surface area contributed by atoms with Gasteiger partial charge in [-0.05, 0) is 88.0 Å². The van der Waals surface area contributed by atoms with Crippen LogP contribution in [0.15, 0.2) is 174 Å². The molecule has 54 heavy (non-hydrogen) atoms. The molecule has 0 atom stereocenters. The van der Waals surface area contributed by atoms with E-state index in [4.69, 9.17) is 4.42 Å². The van der Waals surface area contributed by atoms with E-state index in [2.05, 4.69) is 187 Å². The number of nitrogens with zero attached hydrogens (tertiary/aromatic N) is 2. The molecule has 3 heterocycles. The molecule has 0 saturated carbocycles. The topological polar surface area (TPSA) is 23.0 Å². The average molecular weight is 691 g/mol. The van der Waals surface area contributed by atoms with E-state index in [0.717, 1.165) is 38.7 Å². The van der Waals surface area contributed by atoms with Gasteiger partial charge in [-0.1, -0.05) is 129 Å². The van der Waals surface area contributed by atoms with Crippen LogP contribution >= 0.6 is 0 Å². The van der Waals surface area contributed by atoms with Crippen molar-refractivity contribution in [1.29, 1.82) is 0 Å². The SMILES string of the molecule is CC1(C)c2ccccc2-c2ccc3c4cc(-c5ccc6c7ccc8c9ccccc9oc8c7n(-c7ccccc7)c6c5)ccc4n(-c4ccccc4)c3c21. The van der Waals surface area contributed by atoms with Crippen LogP contribution in [-0.4, -0.2) is 9.13 Å². The summed E-state index contributed by atoms with van der Waals surface area (Å²) in [4.78, 5) is 0. The van der Waals surface area contributed by atoms with Crippen LogP contribution in [0.2, 0.25) is 0 Å². The van der Waals surface area contributed by atoms with Gasteiger partial charge in [0, 0.05) is 49.1 Å². The zero-order valence-corrected chi connectivity index (χ0v) is 30.0. The van der Waals surface area contributed by atoms with Crippen molar-refractivity contribution >= 4 is 65.6 Å². The highest BCUT2D eigenvalue weighted by Crippen LogP contribution is 2.53. The van der Waals surface area contributed by atoms with Crippen LogP contribution in [0.1, 0.15) is 25.0 Å². The van der Waals surface area contributed by atoms with E-state index in [0.29, 0.717) is 0 Å². The Morgan fingerprint density at radius 1 is 0.426 bits per heavy atom. The maximum atomic E-state index is 6.64. The van der Waals surface area contributed by atoms with E-state index in [9.17, 15) is 0 Å². The highest BCUT2D eigenvalue weighted by atomic mass is 16.3. The fourth-order valence-corrected chi connectivity index (χ4v) is 9.69. The summed E-state index contributed by atoms with van der Waals surface area (Å²) in [6, 6.07) is 62.0. The number of furan rings is 1. The first-order valence-corrected chi connectivity index (χ1v) is 18.8. The van der Waals surface area contributed by atoms with Crippen molar-refractivity contribution in [3.63, 3.8) is 0 Å². The summed E-state index contributed by atoms with van der Waals surface area (Å²) in [5, 5.41) is 7.21. The van der Waals surface area contributed by atoms with Crippen LogP contribution in [0.3, 0.4) is 0 Å². The van der Waals surface area contributed by atoms with Crippen LogP contribution in [-0.2, 0) is 5.41 Å². The second kappa shape index (κ2) is 10.6. The molecule has 12 rings (SSSR count). The zero-order valence-electron chi connectivity index (χ0n) is 30.0. The smallest absolute Gasteiger partial charge is 0.160 e. The Kier molecular flexibility index (Phi) is 5.84. The maximum Gasteiger partial charge on any atom is 0.160 e. The van der Waals surface area contributed by atoms with Crippen molar-refractivity contribution in [3.8, 4) is 33.6 Å². The lowest BCUT2D eigenvalue weighted by Crippen LogP contribution is -2.16. The standard InChI is InChI=1S/C51H34N2O/c1-51(2)43-19-11-9-17-35(43)38-24-25-40-42-29-31(22-28-44(42)52(48(40)47(38)51)33-13-5-3-6-14-33)32-21-23-36-39-26-27-41-37-18-10-12-20-46(37)54-50(41)49(39)53(45(36)30-32)34-15-7-4-8-16-34/h3-30H,1-2H3. The molecular weight excluding hydrogens is 657 g/mol. The molecule has 0 unspecified atom stereocenters. The largest absolute Gasteiger partial charge is 0.454 e. The van der Waals surface area contributed by atoms with Gasteiger partial charge in [0.2, 0.25) is 0 Å². The highest BCUT2D eigenvalue weighted by molar-refractivity contribution is 6.22. The summed E-state index contributed by atoms with van der Waals surface area (Å²) >= 11 is 0. The minimum Gasteiger partial charge on any atom is -0.454 e. The van der Waals surface area contributed by atoms with Crippen LogP contribution in [0, 0.1) is 0 Å². The summed E-state index contributed by atoms with van der Waals surface area (Å²) in [7, 11) is 0. The van der Waals surface area contributed by atoms with Gasteiger partial charge >= 0.3 is 0 Å². The minimum atomic E-state index is -0.143. The lowest BCUT2D eigenvalue weighted by Gasteiger charge is -2.23. The summed E-state index contributed by atoms with van der Waals surface area (Å²) in [5.41, 5.74) is 16.6. The molecule has 0 N–H and O–H groups in total. The lowest BCUT2D eigenvalue weighted by molar-refractivity contribution is 0.664. The highest BCUT2D eigenvalue weighted by Gasteiger charge is 2.38. The molecule has 254 valence electrons. The van der Waals surface area contributed by atoms with Crippen molar-refractivity contribution in [2.24, 2.45) is 0 Å². The Balaban J connectivity index is 1.13. The van der Waals surface area contributed by atoms with Crippen LogP contribution in [0.25, 0.3) is 99.2 Å². The normalized spacial score (nSPS) is 13.5. The van der Waals surface area contributed by atoms with Gasteiger partial charge < -0.3 is 13.6 Å². The van der Waals surface area contributed by atoms with Crippen LogP contribution in [0.5, 0.6) is 0 Å². The van der Waals surface area contributed by atoms with Crippen molar-refractivity contribution in [2.45, 2.75) is 19.3 Å². The third-order valence-corrected chi connectivity index (χ3v) is 12.1. The number of hydrogen-bond donors (Lipinski definition) is 0. The second-order valence-electron chi connectivity index (χ2n) is 15.3. The second-order valence-corrected chi connectivity index (χ2v) is 15.3. The van der Waals surface area contributed by atoms with Gasteiger partial charge in [0.05, 0.1) is 22.1 Å². The molecule has 3 aromatic heterocycles. The number of rotatable bonds is 3. The first-order chi connectivity index (χ1) is 26.6. The Hall–Kier alpha value is -6.84. The van der Waals surface area contributed by atoms with Crippen molar-refractivity contribution < 1.29 is 4.42 Å². The molecule has 8 aromatic carbocycles. The molecule has 0 amide bonds. The molecule has 0 fully saturated rings. The molecule has 3 nitrogen and oxygen atoms in total. The fraction of sp³-hybridized carbons (Fsp3) is 0.0588. The molecular formula is C51H34N2O. The van der Waals surface area contributed by atoms with Gasteiger partial charge in [0.1, 0.15) is 5.58 Å². The van der Waals surface area contributed by atoms with Gasteiger partial charge in [0.25, 0.3) is 0 Å². The first-order valence-electron chi connectivity index (χ1n) is 18.8. The summed E-state index contributed by atoms with van der Waals surface area (Å²) in [6.45, 7) is 4.77. The summed E-state index contributed by atoms with van der Waals surface area (Å²) < 4.78 is 11.5. The third-order valence-electron chi connectivity index (χ3n) is 12.1. The predicted molar refractivity (Wildman–Crippen MR) is 225 cm³/mol. The van der Waals surface area contributed by atoms with E-state index in [1.54, 1.807) is 0 Å². The van der Waals surface area contributed by atoms with Crippen LogP contribution in [0.4, 0.5) is 0 Å². The van der Waals surface area contributed by atoms with Crippen molar-refractivity contribution in [1.82, 2.24) is 9.13 Å². The lowest BCUT2D eigenvalue weighted by atomic mass is 9.81. The molecule has 0 spiro atoms. The quantitative estimate of drug-likeness (QED) is 0.181. The number of aromatic nitrogens is 2. The molecule has 11 aromatic rings. The molecule has 1 aliphatic rings. The number of hydrogen-bond acceptors (Lipinski definition) is 1. The van der Waals surface area contributed by atoms with Gasteiger partial charge in [-0.15, -0.1) is 0 Å². The van der Waals surface area contributed by atoms with Gasteiger partial charge in [0.15, 0.2) is 5.58 Å². The van der Waals surface area contributed by atoms with Gasteiger partial charge in [-0.2, -0.15) is 0 Å². The Morgan fingerprint density at radius 2 is 1.04 bits per heavy atom. The monoisotopic (exact) mass is 690 g/mol. The maximum absolute atomic E-state index is 6.64. The van der Waals surface area contributed by atoms with Crippen molar-refractivity contribution in [2.75, 3.05) is 0 Å². The molecule has 1 aliphatic carbocycles. The average Bonchev–Trinajstić information content (AvgIpc) is 3.93. The van der Waals surface area contributed by atoms with E-state index in [-0.39, 0.29) is 5.41 Å². The molecule has 0 bridgehead atoms. The number of fused-ring (bicyclic) bond motifs is 14. The zero-order chi connectivity index (χ0) is 35.7. The van der Waals surface area contributed by atoms with Crippen molar-refractivity contribution in [3.05, 3.63) is 181 Å². The molecule has 0 saturated heterocycles. The molecule has 3 heteroatoms. The first kappa shape index (κ1) is 29.7. The Morgan fingerprint density at radius 3 is 1.85 bits per heavy atom. The number of benzene rings is 8. The van der Waals surface area contributed by atoms with E-state index in [1.807, 2.05) is 6.07 Å². The molecule has 0 aliphatic heterocycles. The Labute approximate surface area is 311 Å². The van der Waals surface area contributed by atoms with E-state index >= 15 is 0 Å². The van der Waals surface area contributed by atoms with Gasteiger partial charge in [-0.25, -0.2) is 0 Å². The van der Waals surface area contributed by atoms with Crippen LogP contribution < -0.4 is 0 Å². The van der Waals surface area contributed by atoms with Gasteiger partial charge in [-0.3, -0.25) is 0 Å². The summed E-state index contributed by atoms with van der Waals surface area (Å²) in [6.07, 6.45) is 0. The molecule has 0 radical (unpaired) electrons. The Bertz CT molecular complexity index is 3340. The predicted octanol–water partition coefficient (Wildman–Crippen LogP) is 13.8.